The molecule has 0 bridgehead atoms. The molecule has 2 saturated heterocycles. The molecule has 4 rings (SSSR count). The minimum atomic E-state index is -0.617. The maximum atomic E-state index is 12.8. The fourth-order valence-electron chi connectivity index (χ4n) is 4.01. The van der Waals surface area contributed by atoms with Crippen LogP contribution in [0.5, 0.6) is 0 Å². The van der Waals surface area contributed by atoms with Gasteiger partial charge in [-0.05, 0) is 24.6 Å². The van der Waals surface area contributed by atoms with Gasteiger partial charge in [-0.25, -0.2) is 9.78 Å². The normalized spacial score (nSPS) is 19.5. The number of fused-ring (bicyclic) bond motifs is 2. The number of H-pyrrole nitrogens is 1. The van der Waals surface area contributed by atoms with E-state index in [4.69, 9.17) is 16.3 Å². The number of nitrogens with zero attached hydrogens (tertiary/aromatic N) is 4. The Bertz CT molecular complexity index is 977. The van der Waals surface area contributed by atoms with E-state index in [-0.39, 0.29) is 37.4 Å². The summed E-state index contributed by atoms with van der Waals surface area (Å²) < 4.78 is 4.99. The third kappa shape index (κ3) is 3.99. The SMILES string of the molecule is COCCN1C(=O)C2CN(C(=O)CCc3nc4ccc(Cl)cc4[nH]3)CCCN2C1=O. The van der Waals surface area contributed by atoms with E-state index < -0.39 is 6.04 Å². The molecule has 3 heterocycles. The van der Waals surface area contributed by atoms with E-state index in [2.05, 4.69) is 9.97 Å². The average Bonchev–Trinajstić information content (AvgIpc) is 3.11. The van der Waals surface area contributed by atoms with Crippen LogP contribution < -0.4 is 0 Å². The summed E-state index contributed by atoms with van der Waals surface area (Å²) >= 11 is 6.00. The molecule has 10 heteroatoms. The lowest BCUT2D eigenvalue weighted by molar-refractivity contribution is -0.133. The molecule has 9 nitrogen and oxygen atoms in total. The molecule has 4 amide bonds. The summed E-state index contributed by atoms with van der Waals surface area (Å²) in [5.74, 6) is 0.409. The first-order valence-electron chi connectivity index (χ1n) is 10.0. The van der Waals surface area contributed by atoms with Crippen LogP contribution in [-0.4, -0.2) is 88.5 Å². The highest BCUT2D eigenvalue weighted by molar-refractivity contribution is 6.31. The Kier molecular flexibility index (Phi) is 5.92. The van der Waals surface area contributed by atoms with E-state index in [9.17, 15) is 14.4 Å². The topological polar surface area (TPSA) is 98.8 Å². The van der Waals surface area contributed by atoms with E-state index >= 15 is 0 Å². The maximum absolute atomic E-state index is 12.8. The maximum Gasteiger partial charge on any atom is 0.327 e. The number of ether oxygens (including phenoxy) is 1. The lowest BCUT2D eigenvalue weighted by atomic mass is 10.2. The van der Waals surface area contributed by atoms with E-state index in [1.165, 1.54) is 12.0 Å². The van der Waals surface area contributed by atoms with Gasteiger partial charge in [-0.3, -0.25) is 14.5 Å². The van der Waals surface area contributed by atoms with Gasteiger partial charge in [0.25, 0.3) is 5.91 Å². The van der Waals surface area contributed by atoms with Crippen molar-refractivity contribution in [3.8, 4) is 0 Å². The zero-order valence-corrected chi connectivity index (χ0v) is 17.5. The van der Waals surface area contributed by atoms with E-state index in [1.807, 2.05) is 6.07 Å². The van der Waals surface area contributed by atoms with Gasteiger partial charge in [0.15, 0.2) is 0 Å². The third-order valence-electron chi connectivity index (χ3n) is 5.56. The van der Waals surface area contributed by atoms with Gasteiger partial charge >= 0.3 is 6.03 Å². The number of urea groups is 1. The number of hydrogen-bond acceptors (Lipinski definition) is 5. The van der Waals surface area contributed by atoms with Crippen LogP contribution in [0.1, 0.15) is 18.7 Å². The molecule has 2 aliphatic rings. The number of carbonyl (C=O) groups excluding carboxylic acids is 3. The van der Waals surface area contributed by atoms with Crippen LogP contribution in [0.4, 0.5) is 4.79 Å². The second-order valence-corrected chi connectivity index (χ2v) is 7.95. The van der Waals surface area contributed by atoms with Crippen LogP contribution >= 0.6 is 11.6 Å². The highest BCUT2D eigenvalue weighted by atomic mass is 35.5. The number of halogens is 1. The first kappa shape index (κ1) is 20.6. The van der Waals surface area contributed by atoms with E-state index in [0.717, 1.165) is 16.9 Å². The van der Waals surface area contributed by atoms with Crippen molar-refractivity contribution in [1.29, 1.82) is 0 Å². The van der Waals surface area contributed by atoms with Crippen molar-refractivity contribution in [2.45, 2.75) is 25.3 Å². The number of benzene rings is 1. The zero-order chi connectivity index (χ0) is 21.3. The molecular formula is C20H24ClN5O4. The number of rotatable bonds is 6. The Morgan fingerprint density at radius 2 is 2.17 bits per heavy atom. The summed E-state index contributed by atoms with van der Waals surface area (Å²) in [6, 6.07) is 4.50. The molecule has 1 aromatic carbocycles. The first-order chi connectivity index (χ1) is 14.5. The molecule has 0 radical (unpaired) electrons. The molecule has 0 aliphatic carbocycles. The van der Waals surface area contributed by atoms with Crippen molar-refractivity contribution in [2.75, 3.05) is 39.9 Å². The van der Waals surface area contributed by atoms with Crippen molar-refractivity contribution in [1.82, 2.24) is 24.7 Å². The number of nitrogens with one attached hydrogen (secondary N) is 1. The Morgan fingerprint density at radius 3 is 2.97 bits per heavy atom. The van der Waals surface area contributed by atoms with Crippen LogP contribution in [0.3, 0.4) is 0 Å². The van der Waals surface area contributed by atoms with Gasteiger partial charge < -0.3 is 19.5 Å². The van der Waals surface area contributed by atoms with Crippen LogP contribution in [0.15, 0.2) is 18.2 Å². The summed E-state index contributed by atoms with van der Waals surface area (Å²) in [4.78, 5) is 50.3. The molecule has 0 saturated carbocycles. The summed E-state index contributed by atoms with van der Waals surface area (Å²) in [6.07, 6.45) is 1.38. The van der Waals surface area contributed by atoms with Crippen molar-refractivity contribution >= 4 is 40.5 Å². The number of methoxy groups -OCH3 is 1. The highest BCUT2D eigenvalue weighted by Crippen LogP contribution is 2.23. The number of imide groups is 1. The number of amides is 4. The number of aromatic amines is 1. The molecule has 0 spiro atoms. The van der Waals surface area contributed by atoms with Crippen molar-refractivity contribution < 1.29 is 19.1 Å². The van der Waals surface area contributed by atoms with Crippen molar-refractivity contribution in [2.24, 2.45) is 0 Å². The van der Waals surface area contributed by atoms with E-state index in [1.54, 1.807) is 21.9 Å². The van der Waals surface area contributed by atoms with Gasteiger partial charge in [0.2, 0.25) is 5.91 Å². The molecule has 1 aromatic heterocycles. The second-order valence-electron chi connectivity index (χ2n) is 7.51. The molecule has 2 fully saturated rings. The summed E-state index contributed by atoms with van der Waals surface area (Å²) in [7, 11) is 1.53. The molecule has 1 N–H and O–H groups in total. The average molecular weight is 434 g/mol. The fourth-order valence-corrected chi connectivity index (χ4v) is 4.18. The molecule has 2 aliphatic heterocycles. The number of hydrogen-bond donors (Lipinski definition) is 1. The van der Waals surface area contributed by atoms with Crippen LogP contribution in [0.25, 0.3) is 11.0 Å². The molecular weight excluding hydrogens is 410 g/mol. The van der Waals surface area contributed by atoms with Crippen LogP contribution in [-0.2, 0) is 20.7 Å². The Hall–Kier alpha value is -2.65. The van der Waals surface area contributed by atoms with Gasteiger partial charge in [0, 0.05) is 38.1 Å². The van der Waals surface area contributed by atoms with Gasteiger partial charge in [-0.1, -0.05) is 11.6 Å². The fraction of sp³-hybridized carbons (Fsp3) is 0.500. The van der Waals surface area contributed by atoms with Gasteiger partial charge in [0.05, 0.1) is 30.7 Å². The highest BCUT2D eigenvalue weighted by Gasteiger charge is 2.46. The number of aryl methyl sites for hydroxylation is 1. The largest absolute Gasteiger partial charge is 0.383 e. The molecule has 2 aromatic rings. The third-order valence-corrected chi connectivity index (χ3v) is 5.80. The summed E-state index contributed by atoms with van der Waals surface area (Å²) in [6.45, 7) is 1.74. The zero-order valence-electron chi connectivity index (χ0n) is 16.8. The summed E-state index contributed by atoms with van der Waals surface area (Å²) in [5.41, 5.74) is 1.64. The van der Waals surface area contributed by atoms with Crippen LogP contribution in [0.2, 0.25) is 5.02 Å². The van der Waals surface area contributed by atoms with Crippen molar-refractivity contribution in [3.63, 3.8) is 0 Å². The minimum absolute atomic E-state index is 0.0501. The number of imidazole rings is 1. The van der Waals surface area contributed by atoms with Gasteiger partial charge in [-0.15, -0.1) is 0 Å². The Labute approximate surface area is 178 Å². The van der Waals surface area contributed by atoms with E-state index in [0.29, 0.717) is 37.6 Å². The van der Waals surface area contributed by atoms with Gasteiger partial charge in [0.1, 0.15) is 11.9 Å². The predicted molar refractivity (Wildman–Crippen MR) is 110 cm³/mol. The number of carbonyl (C=O) groups is 3. The van der Waals surface area contributed by atoms with Crippen LogP contribution in [0, 0.1) is 0 Å². The Balaban J connectivity index is 1.39. The predicted octanol–water partition coefficient (Wildman–Crippen LogP) is 1.66. The standard InChI is InChI=1S/C20H24ClN5O4/c1-30-10-9-26-19(28)16-12-24(7-2-8-25(16)20(26)29)18(27)6-5-17-22-14-4-3-13(21)11-15(14)23-17/h3-4,11,16H,2,5-10,12H2,1H3,(H,22,23). The lowest BCUT2D eigenvalue weighted by Gasteiger charge is -2.23. The molecule has 1 atom stereocenters. The number of aromatic nitrogens is 2. The summed E-state index contributed by atoms with van der Waals surface area (Å²) in [5, 5.41) is 0.623. The van der Waals surface area contributed by atoms with Gasteiger partial charge in [-0.2, -0.15) is 0 Å². The molecule has 30 heavy (non-hydrogen) atoms. The molecule has 160 valence electrons. The second kappa shape index (κ2) is 8.61. The Morgan fingerprint density at radius 1 is 1.33 bits per heavy atom. The minimum Gasteiger partial charge on any atom is -0.383 e. The monoisotopic (exact) mass is 433 g/mol. The first-order valence-corrected chi connectivity index (χ1v) is 10.4. The smallest absolute Gasteiger partial charge is 0.327 e. The quantitative estimate of drug-likeness (QED) is 0.698. The lowest BCUT2D eigenvalue weighted by Crippen LogP contribution is -2.43. The van der Waals surface area contributed by atoms with Crippen molar-refractivity contribution in [3.05, 3.63) is 29.0 Å². The molecule has 1 unspecified atom stereocenters.